The van der Waals surface area contributed by atoms with Crippen molar-refractivity contribution < 1.29 is 4.79 Å². The summed E-state index contributed by atoms with van der Waals surface area (Å²) in [6, 6.07) is 0. The molecule has 0 aromatic carbocycles. The Morgan fingerprint density at radius 3 is 3.04 bits per heavy atom. The molecule has 1 amide bonds. The molecule has 3 N–H and O–H groups in total. The van der Waals surface area contributed by atoms with Crippen molar-refractivity contribution in [2.24, 2.45) is 11.7 Å². The average molecular weight is 333 g/mol. The standard InChI is InChI=1S/C16H23N5OS/c1-10(2)14-8-19-15(23-14)9-18-6-11-3-4-21-13(5-11)12(7-20-21)16(17)22/h7-8,10-11,18H,3-6,9H2,1-2H3,(H2,17,22). The molecule has 0 radical (unpaired) electrons. The Balaban J connectivity index is 1.53. The lowest BCUT2D eigenvalue weighted by Crippen LogP contribution is -2.30. The van der Waals surface area contributed by atoms with Crippen LogP contribution in [0.2, 0.25) is 0 Å². The first-order chi connectivity index (χ1) is 11.0. The number of amides is 1. The molecule has 1 atom stereocenters. The lowest BCUT2D eigenvalue weighted by atomic mass is 9.94. The highest BCUT2D eigenvalue weighted by Gasteiger charge is 2.24. The molecule has 23 heavy (non-hydrogen) atoms. The number of primary amides is 1. The van der Waals surface area contributed by atoms with Crippen molar-refractivity contribution >= 4 is 17.2 Å². The van der Waals surface area contributed by atoms with Gasteiger partial charge in [0.1, 0.15) is 5.01 Å². The summed E-state index contributed by atoms with van der Waals surface area (Å²) in [6.07, 6.45) is 5.48. The van der Waals surface area contributed by atoms with Gasteiger partial charge in [-0.3, -0.25) is 9.48 Å². The van der Waals surface area contributed by atoms with Gasteiger partial charge in [-0.1, -0.05) is 13.8 Å². The predicted molar refractivity (Wildman–Crippen MR) is 90.5 cm³/mol. The molecule has 0 aliphatic carbocycles. The number of carbonyl (C=O) groups excluding carboxylic acids is 1. The van der Waals surface area contributed by atoms with Crippen LogP contribution in [0, 0.1) is 5.92 Å². The summed E-state index contributed by atoms with van der Waals surface area (Å²) < 4.78 is 1.91. The zero-order valence-electron chi connectivity index (χ0n) is 13.6. The number of nitrogens with one attached hydrogen (secondary N) is 1. The normalized spacial score (nSPS) is 17.4. The van der Waals surface area contributed by atoms with Gasteiger partial charge in [-0.15, -0.1) is 11.3 Å². The molecule has 1 unspecified atom stereocenters. The van der Waals surface area contributed by atoms with E-state index in [2.05, 4.69) is 29.2 Å². The fourth-order valence-electron chi connectivity index (χ4n) is 2.94. The molecule has 0 fully saturated rings. The summed E-state index contributed by atoms with van der Waals surface area (Å²) in [7, 11) is 0. The summed E-state index contributed by atoms with van der Waals surface area (Å²) >= 11 is 1.77. The number of aromatic nitrogens is 3. The molecule has 0 bridgehead atoms. The van der Waals surface area contributed by atoms with Crippen LogP contribution in [-0.2, 0) is 19.5 Å². The molecule has 1 aliphatic rings. The van der Waals surface area contributed by atoms with E-state index in [0.717, 1.165) is 43.2 Å². The Bertz CT molecular complexity index is 690. The smallest absolute Gasteiger partial charge is 0.252 e. The quantitative estimate of drug-likeness (QED) is 0.845. The SMILES string of the molecule is CC(C)c1cnc(CNCC2CCn3ncc(C(N)=O)c3C2)s1. The number of carbonyl (C=O) groups is 1. The van der Waals surface area contributed by atoms with Gasteiger partial charge in [0.05, 0.1) is 17.5 Å². The van der Waals surface area contributed by atoms with E-state index in [-0.39, 0.29) is 5.91 Å². The number of nitrogens with zero attached hydrogens (tertiary/aromatic N) is 3. The number of hydrogen-bond donors (Lipinski definition) is 2. The molecule has 3 rings (SSSR count). The Morgan fingerprint density at radius 2 is 2.35 bits per heavy atom. The van der Waals surface area contributed by atoms with Crippen LogP contribution in [0.25, 0.3) is 0 Å². The van der Waals surface area contributed by atoms with Crippen LogP contribution in [0.4, 0.5) is 0 Å². The third kappa shape index (κ3) is 3.61. The molecule has 6 nitrogen and oxygen atoms in total. The van der Waals surface area contributed by atoms with Crippen LogP contribution < -0.4 is 11.1 Å². The lowest BCUT2D eigenvalue weighted by molar-refractivity contribution is 0.0998. The van der Waals surface area contributed by atoms with Gasteiger partial charge in [-0.2, -0.15) is 5.10 Å². The number of nitrogens with two attached hydrogens (primary N) is 1. The van der Waals surface area contributed by atoms with Crippen molar-refractivity contribution in [2.45, 2.75) is 45.7 Å². The second-order valence-corrected chi connectivity index (χ2v) is 7.54. The third-order valence-corrected chi connectivity index (χ3v) is 5.59. The van der Waals surface area contributed by atoms with Crippen molar-refractivity contribution in [3.05, 3.63) is 33.5 Å². The van der Waals surface area contributed by atoms with E-state index >= 15 is 0 Å². The van der Waals surface area contributed by atoms with Crippen LogP contribution in [-0.4, -0.2) is 27.2 Å². The highest BCUT2D eigenvalue weighted by Crippen LogP contribution is 2.23. The average Bonchev–Trinajstić information content (AvgIpc) is 3.13. The maximum Gasteiger partial charge on any atom is 0.252 e. The summed E-state index contributed by atoms with van der Waals surface area (Å²) in [5, 5.41) is 8.88. The maximum absolute atomic E-state index is 11.4. The van der Waals surface area contributed by atoms with Gasteiger partial charge < -0.3 is 11.1 Å². The molecule has 3 heterocycles. The van der Waals surface area contributed by atoms with Gasteiger partial charge in [0.25, 0.3) is 5.91 Å². The Morgan fingerprint density at radius 1 is 1.52 bits per heavy atom. The van der Waals surface area contributed by atoms with Crippen LogP contribution in [0.1, 0.15) is 52.1 Å². The van der Waals surface area contributed by atoms with Gasteiger partial charge in [0.2, 0.25) is 0 Å². The van der Waals surface area contributed by atoms with Crippen molar-refractivity contribution in [2.75, 3.05) is 6.54 Å². The molecule has 7 heteroatoms. The Hall–Kier alpha value is -1.73. The maximum atomic E-state index is 11.4. The molecule has 0 saturated heterocycles. The number of aryl methyl sites for hydroxylation is 1. The molecular formula is C16H23N5OS. The van der Waals surface area contributed by atoms with E-state index in [0.29, 0.717) is 17.4 Å². The van der Waals surface area contributed by atoms with Gasteiger partial charge >= 0.3 is 0 Å². The number of fused-ring (bicyclic) bond motifs is 1. The first kappa shape index (κ1) is 16.1. The highest BCUT2D eigenvalue weighted by molar-refractivity contribution is 7.11. The fraction of sp³-hybridized carbons (Fsp3) is 0.562. The third-order valence-electron chi connectivity index (χ3n) is 4.30. The minimum Gasteiger partial charge on any atom is -0.365 e. The molecular weight excluding hydrogens is 310 g/mol. The summed E-state index contributed by atoms with van der Waals surface area (Å²) in [5.74, 6) is 0.651. The van der Waals surface area contributed by atoms with E-state index in [1.54, 1.807) is 17.5 Å². The molecule has 1 aliphatic heterocycles. The summed E-state index contributed by atoms with van der Waals surface area (Å²) in [5.41, 5.74) is 6.96. The summed E-state index contributed by atoms with van der Waals surface area (Å²) in [4.78, 5) is 17.2. The van der Waals surface area contributed by atoms with E-state index in [1.807, 2.05) is 10.9 Å². The first-order valence-electron chi connectivity index (χ1n) is 8.04. The van der Waals surface area contributed by atoms with Crippen molar-refractivity contribution in [3.8, 4) is 0 Å². The first-order valence-corrected chi connectivity index (χ1v) is 8.86. The molecule has 124 valence electrons. The summed E-state index contributed by atoms with van der Waals surface area (Å²) in [6.45, 7) is 6.94. The van der Waals surface area contributed by atoms with E-state index < -0.39 is 0 Å². The van der Waals surface area contributed by atoms with Gasteiger partial charge in [0, 0.05) is 24.2 Å². The van der Waals surface area contributed by atoms with E-state index in [1.165, 1.54) is 4.88 Å². The van der Waals surface area contributed by atoms with Crippen LogP contribution in [0.3, 0.4) is 0 Å². The Labute approximate surface area is 140 Å². The van der Waals surface area contributed by atoms with Crippen LogP contribution in [0.5, 0.6) is 0 Å². The highest BCUT2D eigenvalue weighted by atomic mass is 32.1. The molecule has 2 aromatic rings. The molecule has 2 aromatic heterocycles. The van der Waals surface area contributed by atoms with Gasteiger partial charge in [-0.25, -0.2) is 4.98 Å². The van der Waals surface area contributed by atoms with Crippen molar-refractivity contribution in [1.82, 2.24) is 20.1 Å². The van der Waals surface area contributed by atoms with Gasteiger partial charge in [-0.05, 0) is 31.2 Å². The topological polar surface area (TPSA) is 85.8 Å². The number of rotatable bonds is 6. The predicted octanol–water partition coefficient (Wildman–Crippen LogP) is 1.91. The zero-order chi connectivity index (χ0) is 16.4. The minimum absolute atomic E-state index is 0.385. The lowest BCUT2D eigenvalue weighted by Gasteiger charge is -2.24. The fourth-order valence-corrected chi connectivity index (χ4v) is 3.83. The zero-order valence-corrected chi connectivity index (χ0v) is 14.4. The molecule has 0 spiro atoms. The number of hydrogen-bond acceptors (Lipinski definition) is 5. The largest absolute Gasteiger partial charge is 0.365 e. The van der Waals surface area contributed by atoms with E-state index in [4.69, 9.17) is 5.73 Å². The minimum atomic E-state index is -0.385. The number of thiazole rings is 1. The monoisotopic (exact) mass is 333 g/mol. The van der Waals surface area contributed by atoms with E-state index in [9.17, 15) is 4.79 Å². The molecule has 0 saturated carbocycles. The van der Waals surface area contributed by atoms with Crippen molar-refractivity contribution in [3.63, 3.8) is 0 Å². The Kier molecular flexibility index (Phi) is 4.77. The second kappa shape index (κ2) is 6.80. The van der Waals surface area contributed by atoms with Crippen molar-refractivity contribution in [1.29, 1.82) is 0 Å². The second-order valence-electron chi connectivity index (χ2n) is 6.39. The van der Waals surface area contributed by atoms with Gasteiger partial charge in [0.15, 0.2) is 0 Å². The van der Waals surface area contributed by atoms with Crippen LogP contribution in [0.15, 0.2) is 12.4 Å². The van der Waals surface area contributed by atoms with Crippen LogP contribution >= 0.6 is 11.3 Å².